The Bertz CT molecular complexity index is 2650. The van der Waals surface area contributed by atoms with E-state index >= 15 is 0 Å². The lowest BCUT2D eigenvalue weighted by Gasteiger charge is -2.07. The van der Waals surface area contributed by atoms with Crippen molar-refractivity contribution in [3.8, 4) is 0 Å². The van der Waals surface area contributed by atoms with Crippen LogP contribution in [0.3, 0.4) is 0 Å². The van der Waals surface area contributed by atoms with Crippen LogP contribution in [0, 0.1) is 11.8 Å². The van der Waals surface area contributed by atoms with Crippen LogP contribution in [-0.2, 0) is 87.9 Å². The Morgan fingerprint density at radius 1 is 0.477 bits per heavy atom. The average molecular weight is 1560 g/mol. The number of hydrogen-bond acceptors (Lipinski definition) is 32. The van der Waals surface area contributed by atoms with E-state index in [1.807, 2.05) is 44.2 Å². The fraction of sp³-hybridized carbons (Fsp3) is 0.610. The van der Waals surface area contributed by atoms with Gasteiger partial charge < -0.3 is 169 Å². The zero-order valence-corrected chi connectivity index (χ0v) is 60.5. The third-order valence-corrected chi connectivity index (χ3v) is 11.2. The quantitative estimate of drug-likeness (QED) is 0.0105. The SMILES string of the molecule is CC(C)C[C@H](N)C(=O)O.CC(C)[C@H](N)C(=O)O.C[C@H](N)C(=O)O.C[C@H](N)C(=O)OC(=O)CN.NC(=O)CC[C@H](N)C(=O)O.NC(=O)CC[C@H](N)C(=O)O.NC(=O)CC[C@H](N)C(=O)O.NC(N)=NCCC[C@H](N)C(=O)O.NCC(=O)O.N[C@@H](CO)C(=O)O.N[C@@H](Cc1ccccc1)C(=O)O.O=C(O)[C@@H]1CCCN1. The molecule has 0 radical (unpaired) electrons. The summed E-state index contributed by atoms with van der Waals surface area (Å²) in [4.78, 5) is 164. The van der Waals surface area contributed by atoms with Crippen molar-refractivity contribution in [2.45, 2.75) is 185 Å². The Morgan fingerprint density at radius 3 is 1.01 bits per heavy atom. The number of rotatable bonds is 32. The number of ether oxygens (including phenoxy) is 1. The Labute approximate surface area is 615 Å². The molecule has 1 fully saturated rings. The van der Waals surface area contributed by atoms with Crippen molar-refractivity contribution in [1.82, 2.24) is 5.32 Å². The first-order valence-electron chi connectivity index (χ1n) is 31.4. The molecule has 1 aromatic rings. The van der Waals surface area contributed by atoms with E-state index in [1.165, 1.54) is 13.8 Å². The monoisotopic (exact) mass is 1560 g/mol. The first-order valence-corrected chi connectivity index (χ1v) is 31.4. The van der Waals surface area contributed by atoms with Gasteiger partial charge in [0.05, 0.1) is 19.7 Å². The second-order valence-electron chi connectivity index (χ2n) is 22.2. The number of aliphatic hydroxyl groups excluding tert-OH is 1. The van der Waals surface area contributed by atoms with Gasteiger partial charge in [0, 0.05) is 25.8 Å². The second-order valence-corrected chi connectivity index (χ2v) is 22.2. The molecule has 1 heterocycles. The van der Waals surface area contributed by atoms with Crippen molar-refractivity contribution in [2.75, 3.05) is 32.8 Å². The molecule has 1 aliphatic heterocycles. The largest absolute Gasteiger partial charge is 0.480 e. The number of nitrogens with two attached hydrogens (primary N) is 17. The fourth-order valence-corrected chi connectivity index (χ4v) is 4.98. The highest BCUT2D eigenvalue weighted by atomic mass is 16.6. The number of benzene rings is 1. The maximum absolute atomic E-state index is 10.5. The molecule has 0 unspecified atom stereocenters. The number of aliphatic hydroxyl groups is 1. The Hall–Kier alpha value is -10.4. The molecule has 0 saturated carbocycles. The summed E-state index contributed by atoms with van der Waals surface area (Å²) in [7, 11) is 0. The molecule has 0 spiro atoms. The van der Waals surface area contributed by atoms with Crippen LogP contribution in [0.1, 0.15) is 118 Å². The Morgan fingerprint density at radius 2 is 0.822 bits per heavy atom. The van der Waals surface area contributed by atoms with Crippen LogP contribution in [0.25, 0.3) is 0 Å². The van der Waals surface area contributed by atoms with Gasteiger partial charge >= 0.3 is 77.6 Å². The maximum Gasteiger partial charge on any atom is 0.330 e. The van der Waals surface area contributed by atoms with Gasteiger partial charge in [0.1, 0.15) is 66.5 Å². The summed E-state index contributed by atoms with van der Waals surface area (Å²) in [5.74, 6) is -13.7. The summed E-state index contributed by atoms with van der Waals surface area (Å²) in [5.41, 5.74) is 85.5. The van der Waals surface area contributed by atoms with E-state index in [-0.39, 0.29) is 69.5 Å². The zero-order valence-electron chi connectivity index (χ0n) is 60.5. The number of nitrogens with one attached hydrogen (secondary N) is 1. The van der Waals surface area contributed by atoms with Gasteiger partial charge in [-0.15, -0.1) is 0 Å². The molecule has 47 N–H and O–H groups in total. The molecule has 1 aliphatic rings. The summed E-state index contributed by atoms with van der Waals surface area (Å²) in [5, 5.41) is 101. The highest BCUT2D eigenvalue weighted by Crippen LogP contribution is 2.05. The fourth-order valence-electron chi connectivity index (χ4n) is 4.98. The Kier molecular flexibility index (Phi) is 81.4. The van der Waals surface area contributed by atoms with Crippen LogP contribution in [0.5, 0.6) is 0 Å². The summed E-state index contributed by atoms with van der Waals surface area (Å²) >= 11 is 0. The highest BCUT2D eigenvalue weighted by Gasteiger charge is 2.21. The van der Waals surface area contributed by atoms with Gasteiger partial charge in [-0.2, -0.15) is 0 Å². The number of carbonyl (C=O) groups is 16. The standard InChI is InChI=1S/C9H11NO2.C6H14N4O2.C6H13NO2.4C5H10N2O3.C5H9NO2.C5H11NO2.C3H7NO3.C3H7NO2.C2H5NO2/c10-8(9(11)12)6-7-4-2-1-3-5-7;7-4(5(11)12)2-1-3-10-6(8)9;1-4(2)3-5(7)6(8)9;1-3(7)5(9)10-4(8)2-6;3*6-3(5(9)10)1-2-4(7)8;7-5(8)4-2-1-3-6-4;1-3(2)4(6)5(7)8;4-2(1-5)3(6)7;1-2(4)3(5)6;3-1-2(4)5/h1-5,8H,6,10H2,(H,11,12);4H,1-3,7H2,(H,11,12)(H4,8,9,10);4-5H,3,7H2,1-2H3,(H,8,9);3H,2,6-7H2,1H3;3*3H,1-2,6H2,(H2,7,8)(H,9,10);4,6H,1-3H2,(H,7,8);3-4H,6H2,1-2H3,(H,7,8);2,5H,1,4H2,(H,6,7);2H,4H2,1H3,(H,5,6);1,3H2,(H,4,5)/t8-;4-;5-;4*3-;2*4-;2*2-;/m00000000000./s1. The van der Waals surface area contributed by atoms with Crippen LogP contribution in [0.4, 0.5) is 0 Å². The number of esters is 2. The summed E-state index contributed by atoms with van der Waals surface area (Å²) < 4.78 is 4.13. The minimum atomic E-state index is -1.18. The predicted molar refractivity (Wildman–Crippen MR) is 382 cm³/mol. The van der Waals surface area contributed by atoms with E-state index < -0.39 is 162 Å². The number of amides is 3. The van der Waals surface area contributed by atoms with Crippen LogP contribution >= 0.6 is 0 Å². The van der Waals surface area contributed by atoms with Crippen LogP contribution in [-0.4, -0.2) is 262 Å². The van der Waals surface area contributed by atoms with Crippen molar-refractivity contribution >= 4 is 101 Å². The molecular formula is C59H117N19O29. The van der Waals surface area contributed by atoms with E-state index in [0.29, 0.717) is 38.1 Å². The van der Waals surface area contributed by atoms with Crippen LogP contribution in [0.15, 0.2) is 35.3 Å². The molecule has 107 heavy (non-hydrogen) atoms. The summed E-state index contributed by atoms with van der Waals surface area (Å²) in [6.07, 6.45) is 4.05. The number of aliphatic imine (C=N–C) groups is 1. The lowest BCUT2D eigenvalue weighted by molar-refractivity contribution is -0.159. The van der Waals surface area contributed by atoms with E-state index in [2.05, 4.69) is 20.8 Å². The van der Waals surface area contributed by atoms with Gasteiger partial charge in [0.25, 0.3) is 0 Å². The third kappa shape index (κ3) is 97.7. The number of hydrogen-bond donors (Lipinski definition) is 30. The van der Waals surface area contributed by atoms with E-state index in [0.717, 1.165) is 24.9 Å². The maximum atomic E-state index is 10.5. The van der Waals surface area contributed by atoms with E-state index in [4.69, 9.17) is 153 Å². The molecule has 48 heteroatoms. The molecule has 622 valence electrons. The molecule has 11 atom stereocenters. The topological polar surface area (TPSA) is 992 Å². The number of carboxylic acid groups (broad SMARTS) is 11. The van der Waals surface area contributed by atoms with Gasteiger partial charge in [-0.1, -0.05) is 58.0 Å². The smallest absolute Gasteiger partial charge is 0.330 e. The van der Waals surface area contributed by atoms with Crippen molar-refractivity contribution < 1.29 is 143 Å². The van der Waals surface area contributed by atoms with Crippen LogP contribution in [0.2, 0.25) is 0 Å². The normalized spacial score (nSPS) is 13.7. The molecule has 0 aliphatic carbocycles. The second kappa shape index (κ2) is 73.9. The molecule has 48 nitrogen and oxygen atoms in total. The predicted octanol–water partition coefficient (Wildman–Crippen LogP) is -9.39. The number of carbonyl (C=O) groups excluding carboxylic acids is 5. The summed E-state index contributed by atoms with van der Waals surface area (Å²) in [6, 6.07) is 0.476. The molecule has 0 aromatic heterocycles. The minimum Gasteiger partial charge on any atom is -0.480 e. The van der Waals surface area contributed by atoms with Gasteiger partial charge in [0.15, 0.2) is 5.96 Å². The number of guanidine groups is 1. The molecule has 3 amide bonds. The number of nitrogens with zero attached hydrogens (tertiary/aromatic N) is 1. The minimum absolute atomic E-state index is 0.0129. The van der Waals surface area contributed by atoms with Gasteiger partial charge in [0.2, 0.25) is 17.7 Å². The molecule has 1 aromatic carbocycles. The van der Waals surface area contributed by atoms with E-state index in [1.54, 1.807) is 13.8 Å². The first kappa shape index (κ1) is 118. The molecule has 1 saturated heterocycles. The van der Waals surface area contributed by atoms with Crippen LogP contribution < -0.4 is 103 Å². The molecule has 2 rings (SSSR count). The van der Waals surface area contributed by atoms with Crippen molar-refractivity contribution in [3.05, 3.63) is 35.9 Å². The van der Waals surface area contributed by atoms with Gasteiger partial charge in [-0.3, -0.25) is 76.9 Å². The summed E-state index contributed by atoms with van der Waals surface area (Å²) in [6.45, 7) is 10.5. The highest BCUT2D eigenvalue weighted by molar-refractivity contribution is 5.89. The molecule has 0 bridgehead atoms. The lowest BCUT2D eigenvalue weighted by atomic mass is 10.1. The lowest BCUT2D eigenvalue weighted by Crippen LogP contribution is -2.34. The molecular weight excluding hydrogens is 1440 g/mol. The third-order valence-electron chi connectivity index (χ3n) is 11.2. The van der Waals surface area contributed by atoms with Gasteiger partial charge in [-0.05, 0) is 95.6 Å². The van der Waals surface area contributed by atoms with E-state index in [9.17, 15) is 76.7 Å². The number of aliphatic carboxylic acids is 11. The van der Waals surface area contributed by atoms with Crippen molar-refractivity contribution in [1.29, 1.82) is 0 Å². The number of primary amides is 3. The van der Waals surface area contributed by atoms with Gasteiger partial charge in [-0.25, -0.2) is 4.79 Å². The average Bonchev–Trinajstić information content (AvgIpc) is 1.85. The first-order chi connectivity index (χ1) is 48.9. The number of carboxylic acids is 11. The Balaban J connectivity index is -0.000000121. The zero-order chi connectivity index (χ0) is 86.6. The van der Waals surface area contributed by atoms with Crippen molar-refractivity contribution in [3.63, 3.8) is 0 Å². The van der Waals surface area contributed by atoms with Crippen molar-refractivity contribution in [2.24, 2.45) is 114 Å².